The van der Waals surface area contributed by atoms with E-state index in [0.717, 1.165) is 5.69 Å². The summed E-state index contributed by atoms with van der Waals surface area (Å²) in [5, 5.41) is 13.6. The highest BCUT2D eigenvalue weighted by Gasteiger charge is 2.30. The summed E-state index contributed by atoms with van der Waals surface area (Å²) in [4.78, 5) is 23.3. The van der Waals surface area contributed by atoms with E-state index in [1.54, 1.807) is 12.4 Å². The van der Waals surface area contributed by atoms with E-state index in [-0.39, 0.29) is 11.5 Å². The fraction of sp³-hybridized carbons (Fsp3) is 0.222. The van der Waals surface area contributed by atoms with E-state index in [1.165, 1.54) is 47.4 Å². The van der Waals surface area contributed by atoms with Gasteiger partial charge >= 0.3 is 12.3 Å². The largest absolute Gasteiger partial charge is 0.573 e. The van der Waals surface area contributed by atoms with Gasteiger partial charge in [-0.25, -0.2) is 15.0 Å². The molecular weight excluding hydrogens is 441 g/mol. The van der Waals surface area contributed by atoms with E-state index >= 15 is 0 Å². The Hall–Kier alpha value is -2.86. The van der Waals surface area contributed by atoms with Crippen molar-refractivity contribution in [3.05, 3.63) is 47.7 Å². The summed E-state index contributed by atoms with van der Waals surface area (Å²) >= 11 is 2.58. The number of aliphatic carboxylic acids is 1. The highest BCUT2D eigenvalue weighted by Crippen LogP contribution is 2.26. The van der Waals surface area contributed by atoms with Gasteiger partial charge in [0.05, 0.1) is 11.4 Å². The first-order valence-corrected chi connectivity index (χ1v) is 10.4. The molecule has 0 saturated heterocycles. The van der Waals surface area contributed by atoms with Gasteiger partial charge in [0.2, 0.25) is 5.95 Å². The third-order valence-electron chi connectivity index (χ3n) is 3.59. The van der Waals surface area contributed by atoms with E-state index in [2.05, 4.69) is 25.0 Å². The van der Waals surface area contributed by atoms with Crippen molar-refractivity contribution >= 4 is 35.0 Å². The summed E-state index contributed by atoms with van der Waals surface area (Å²) in [6.45, 7) is 0.537. The predicted octanol–water partition coefficient (Wildman–Crippen LogP) is 4.33. The third-order valence-corrected chi connectivity index (χ3v) is 5.64. The summed E-state index contributed by atoms with van der Waals surface area (Å²) in [5.74, 6) is -0.795. The number of alkyl halides is 3. The van der Waals surface area contributed by atoms with E-state index < -0.39 is 12.3 Å². The molecule has 2 N–H and O–H groups in total. The minimum atomic E-state index is -4.73. The van der Waals surface area contributed by atoms with Gasteiger partial charge in [0.15, 0.2) is 4.34 Å². The molecule has 0 fully saturated rings. The molecule has 30 heavy (non-hydrogen) atoms. The Morgan fingerprint density at radius 1 is 1.17 bits per heavy atom. The van der Waals surface area contributed by atoms with Crippen LogP contribution >= 0.6 is 23.1 Å². The molecule has 0 amide bonds. The van der Waals surface area contributed by atoms with Gasteiger partial charge in [-0.05, 0) is 17.7 Å². The number of carboxylic acid groups (broad SMARTS) is 1. The number of anilines is 1. The molecule has 0 saturated carbocycles. The Morgan fingerprint density at radius 2 is 1.87 bits per heavy atom. The summed E-state index contributed by atoms with van der Waals surface area (Å²) in [6.07, 6.45) is -0.970. The lowest BCUT2D eigenvalue weighted by molar-refractivity contribution is -0.274. The number of halogens is 3. The summed E-state index contributed by atoms with van der Waals surface area (Å²) in [7, 11) is 0. The van der Waals surface area contributed by atoms with Crippen LogP contribution < -0.4 is 10.1 Å². The third kappa shape index (κ3) is 6.88. The number of thiazole rings is 1. The number of carboxylic acids is 1. The molecule has 0 radical (unpaired) electrons. The maximum absolute atomic E-state index is 12.2. The Morgan fingerprint density at radius 3 is 2.50 bits per heavy atom. The van der Waals surface area contributed by atoms with Gasteiger partial charge in [-0.1, -0.05) is 23.9 Å². The molecule has 3 aromatic rings. The van der Waals surface area contributed by atoms with Crippen LogP contribution in [0.15, 0.2) is 46.4 Å². The topological polar surface area (TPSA) is 97.2 Å². The van der Waals surface area contributed by atoms with E-state index in [1.807, 2.05) is 5.38 Å². The maximum atomic E-state index is 12.2. The number of rotatable bonds is 9. The Balaban J connectivity index is 1.49. The van der Waals surface area contributed by atoms with Crippen molar-refractivity contribution in [2.75, 3.05) is 17.6 Å². The Kier molecular flexibility index (Phi) is 7.11. The lowest BCUT2D eigenvalue weighted by Crippen LogP contribution is -2.16. The van der Waals surface area contributed by atoms with Crippen molar-refractivity contribution in [3.8, 4) is 16.9 Å². The highest BCUT2D eigenvalue weighted by atomic mass is 32.2. The van der Waals surface area contributed by atoms with Crippen molar-refractivity contribution in [1.82, 2.24) is 15.0 Å². The first-order valence-electron chi connectivity index (χ1n) is 8.49. The van der Waals surface area contributed by atoms with Crippen LogP contribution in [0.25, 0.3) is 11.1 Å². The molecule has 0 bridgehead atoms. The van der Waals surface area contributed by atoms with Crippen LogP contribution in [-0.2, 0) is 11.2 Å². The zero-order valence-corrected chi connectivity index (χ0v) is 16.9. The van der Waals surface area contributed by atoms with Crippen LogP contribution in [0.1, 0.15) is 5.69 Å². The number of nitrogens with zero attached hydrogens (tertiary/aromatic N) is 3. The number of thioether (sulfide) groups is 1. The zero-order chi connectivity index (χ0) is 21.6. The summed E-state index contributed by atoms with van der Waals surface area (Å²) < 4.78 is 41.2. The fourth-order valence-electron chi connectivity index (χ4n) is 2.31. The lowest BCUT2D eigenvalue weighted by atomic mass is 10.1. The Labute approximate surface area is 177 Å². The lowest BCUT2D eigenvalue weighted by Gasteiger charge is -2.09. The van der Waals surface area contributed by atoms with Crippen LogP contribution in [0, 0.1) is 0 Å². The molecule has 158 valence electrons. The quantitative estimate of drug-likeness (QED) is 0.459. The van der Waals surface area contributed by atoms with Crippen LogP contribution in [0.3, 0.4) is 0 Å². The normalized spacial score (nSPS) is 11.3. The zero-order valence-electron chi connectivity index (χ0n) is 15.2. The molecule has 0 aliphatic carbocycles. The number of aromatic nitrogens is 3. The van der Waals surface area contributed by atoms with Gasteiger partial charge in [0.1, 0.15) is 5.75 Å². The monoisotopic (exact) mass is 456 g/mol. The summed E-state index contributed by atoms with van der Waals surface area (Å²) in [5.41, 5.74) is 2.15. The second-order valence-corrected chi connectivity index (χ2v) is 7.91. The molecular formula is C18H15F3N4O3S2. The minimum Gasteiger partial charge on any atom is -0.481 e. The number of benzene rings is 1. The first kappa shape index (κ1) is 21.8. The average molecular weight is 456 g/mol. The second kappa shape index (κ2) is 9.76. The number of hydrogen-bond donors (Lipinski definition) is 2. The second-order valence-electron chi connectivity index (χ2n) is 5.83. The molecule has 12 heteroatoms. The van der Waals surface area contributed by atoms with Crippen molar-refractivity contribution in [2.24, 2.45) is 0 Å². The van der Waals surface area contributed by atoms with Crippen molar-refractivity contribution in [3.63, 3.8) is 0 Å². The van der Waals surface area contributed by atoms with Crippen molar-refractivity contribution in [1.29, 1.82) is 0 Å². The van der Waals surface area contributed by atoms with Crippen LogP contribution in [0.5, 0.6) is 5.75 Å². The number of carbonyl (C=O) groups is 1. The van der Waals surface area contributed by atoms with Gasteiger partial charge in [0.25, 0.3) is 0 Å². The van der Waals surface area contributed by atoms with E-state index in [0.29, 0.717) is 34.4 Å². The number of hydrogen-bond acceptors (Lipinski definition) is 8. The van der Waals surface area contributed by atoms with E-state index in [9.17, 15) is 18.0 Å². The highest BCUT2D eigenvalue weighted by molar-refractivity contribution is 8.01. The van der Waals surface area contributed by atoms with Crippen molar-refractivity contribution in [2.45, 2.75) is 17.1 Å². The molecule has 0 aliphatic rings. The van der Waals surface area contributed by atoms with Gasteiger partial charge in [0, 0.05) is 36.3 Å². The molecule has 3 rings (SSSR count). The van der Waals surface area contributed by atoms with Gasteiger partial charge < -0.3 is 15.2 Å². The first-order chi connectivity index (χ1) is 14.3. The average Bonchev–Trinajstić information content (AvgIpc) is 3.14. The molecule has 0 unspecified atom stereocenters. The smallest absolute Gasteiger partial charge is 0.481 e. The molecule has 0 atom stereocenters. The molecule has 0 spiro atoms. The van der Waals surface area contributed by atoms with E-state index in [4.69, 9.17) is 5.11 Å². The minimum absolute atomic E-state index is 0.0243. The van der Waals surface area contributed by atoms with Gasteiger partial charge in [-0.15, -0.1) is 24.5 Å². The number of nitrogens with one attached hydrogen (secondary N) is 1. The fourth-order valence-corrected chi connectivity index (χ4v) is 3.91. The molecule has 2 aromatic heterocycles. The van der Waals surface area contributed by atoms with Crippen LogP contribution in [-0.4, -0.2) is 44.7 Å². The predicted molar refractivity (Wildman–Crippen MR) is 107 cm³/mol. The SMILES string of the molecule is O=C(O)CSc1nc(CCNc2ncc(-c3ccc(OC(F)(F)F)cc3)cn2)cs1. The molecule has 0 aliphatic heterocycles. The van der Waals surface area contributed by atoms with Crippen LogP contribution in [0.4, 0.5) is 19.1 Å². The molecule has 1 aromatic carbocycles. The van der Waals surface area contributed by atoms with Gasteiger partial charge in [-0.3, -0.25) is 4.79 Å². The Bertz CT molecular complexity index is 980. The maximum Gasteiger partial charge on any atom is 0.573 e. The van der Waals surface area contributed by atoms with Crippen molar-refractivity contribution < 1.29 is 27.8 Å². The summed E-state index contributed by atoms with van der Waals surface area (Å²) in [6, 6.07) is 5.45. The standard InChI is InChI=1S/C18H15F3N4O3S2/c19-18(20,21)28-14-3-1-11(2-4-14)12-7-23-16(24-8-12)22-6-5-13-9-29-17(25-13)30-10-15(26)27/h1-4,7-9H,5-6,10H2,(H,26,27)(H,22,23,24). The number of ether oxygens (including phenoxy) is 1. The van der Waals surface area contributed by atoms with Gasteiger partial charge in [-0.2, -0.15) is 0 Å². The molecule has 7 nitrogen and oxygen atoms in total. The molecule has 2 heterocycles. The van der Waals surface area contributed by atoms with Crippen LogP contribution in [0.2, 0.25) is 0 Å².